The van der Waals surface area contributed by atoms with Gasteiger partial charge in [0, 0.05) is 12.6 Å². The monoisotopic (exact) mass is 229 g/mol. The van der Waals surface area contributed by atoms with E-state index >= 15 is 0 Å². The Kier molecular flexibility index (Phi) is 4.30. The molecule has 0 aromatic carbocycles. The maximum atomic E-state index is 10.6. The van der Waals surface area contributed by atoms with Gasteiger partial charge in [-0.15, -0.1) is 0 Å². The van der Waals surface area contributed by atoms with Crippen LogP contribution in [0.1, 0.15) is 19.8 Å². The highest BCUT2D eigenvalue weighted by Gasteiger charge is 2.13. The van der Waals surface area contributed by atoms with Gasteiger partial charge in [-0.3, -0.25) is 10.1 Å². The molecule has 1 aromatic rings. The van der Waals surface area contributed by atoms with Gasteiger partial charge >= 0.3 is 5.69 Å². The molecule has 0 atom stereocenters. The van der Waals surface area contributed by atoms with Gasteiger partial charge in [-0.25, -0.2) is 4.98 Å². The van der Waals surface area contributed by atoms with Crippen LogP contribution in [0.2, 0.25) is 5.15 Å². The van der Waals surface area contributed by atoms with Crippen LogP contribution in [-0.2, 0) is 0 Å². The van der Waals surface area contributed by atoms with Gasteiger partial charge in [0.2, 0.25) is 0 Å². The third kappa shape index (κ3) is 3.36. The van der Waals surface area contributed by atoms with Crippen molar-refractivity contribution < 1.29 is 4.92 Å². The largest absolute Gasteiger partial charge is 0.379 e. The summed E-state index contributed by atoms with van der Waals surface area (Å²) in [6.45, 7) is 2.74. The van der Waals surface area contributed by atoms with Crippen LogP contribution in [0.3, 0.4) is 0 Å². The first kappa shape index (κ1) is 11.7. The summed E-state index contributed by atoms with van der Waals surface area (Å²) in [5, 5.41) is 13.9. The van der Waals surface area contributed by atoms with Gasteiger partial charge in [-0.2, -0.15) is 0 Å². The predicted octanol–water partition coefficient (Wildman–Crippen LogP) is 2.86. The molecule has 0 bridgehead atoms. The van der Waals surface area contributed by atoms with Crippen molar-refractivity contribution in [3.05, 3.63) is 27.5 Å². The fourth-order valence-electron chi connectivity index (χ4n) is 1.11. The van der Waals surface area contributed by atoms with Crippen LogP contribution in [0.5, 0.6) is 0 Å². The lowest BCUT2D eigenvalue weighted by molar-refractivity contribution is -0.384. The number of unbranched alkanes of at least 4 members (excludes halogenated alkanes) is 1. The van der Waals surface area contributed by atoms with Crippen molar-refractivity contribution in [2.45, 2.75) is 19.8 Å². The molecule has 0 unspecified atom stereocenters. The first-order valence-corrected chi connectivity index (χ1v) is 5.06. The molecule has 6 heteroatoms. The van der Waals surface area contributed by atoms with Crippen molar-refractivity contribution in [3.63, 3.8) is 0 Å². The van der Waals surface area contributed by atoms with E-state index in [0.717, 1.165) is 19.0 Å². The van der Waals surface area contributed by atoms with E-state index in [9.17, 15) is 10.1 Å². The Balaban J connectivity index is 2.82. The molecular formula is C9H12ClN3O2. The Labute approximate surface area is 92.6 Å². The lowest BCUT2D eigenvalue weighted by atomic mass is 10.3. The molecule has 0 saturated heterocycles. The molecule has 0 spiro atoms. The zero-order chi connectivity index (χ0) is 11.3. The molecule has 0 saturated carbocycles. The molecule has 1 rings (SSSR count). The number of hydrogen-bond acceptors (Lipinski definition) is 4. The van der Waals surface area contributed by atoms with Crippen LogP contribution in [0.25, 0.3) is 0 Å². The van der Waals surface area contributed by atoms with Gasteiger partial charge in [-0.05, 0) is 6.42 Å². The molecule has 0 radical (unpaired) electrons. The Morgan fingerprint density at radius 1 is 1.67 bits per heavy atom. The van der Waals surface area contributed by atoms with Gasteiger partial charge in [-0.1, -0.05) is 24.9 Å². The number of aromatic nitrogens is 1. The second-order valence-corrected chi connectivity index (χ2v) is 3.45. The molecular weight excluding hydrogens is 218 g/mol. The highest BCUT2D eigenvalue weighted by Crippen LogP contribution is 2.25. The molecule has 0 fully saturated rings. The second kappa shape index (κ2) is 5.50. The summed E-state index contributed by atoms with van der Waals surface area (Å²) in [7, 11) is 0. The quantitative estimate of drug-likeness (QED) is 0.365. The minimum absolute atomic E-state index is 0.0458. The van der Waals surface area contributed by atoms with Crippen molar-refractivity contribution in [2.24, 2.45) is 0 Å². The SMILES string of the molecule is CCCCNc1cc(Cl)ncc1[N+](=O)[O-]. The van der Waals surface area contributed by atoms with E-state index in [-0.39, 0.29) is 10.8 Å². The number of nitrogens with zero attached hydrogens (tertiary/aromatic N) is 2. The molecule has 0 aliphatic heterocycles. The van der Waals surface area contributed by atoms with Gasteiger partial charge in [0.05, 0.1) is 4.92 Å². The predicted molar refractivity (Wildman–Crippen MR) is 59.3 cm³/mol. The van der Waals surface area contributed by atoms with E-state index < -0.39 is 4.92 Å². The van der Waals surface area contributed by atoms with Crippen LogP contribution in [0, 0.1) is 10.1 Å². The van der Waals surface area contributed by atoms with E-state index in [4.69, 9.17) is 11.6 Å². The van der Waals surface area contributed by atoms with Crippen molar-refractivity contribution in [3.8, 4) is 0 Å². The number of nitrogens with one attached hydrogen (secondary N) is 1. The number of halogens is 1. The van der Waals surface area contributed by atoms with Gasteiger partial charge in [0.25, 0.3) is 0 Å². The summed E-state index contributed by atoms with van der Waals surface area (Å²) in [6, 6.07) is 1.47. The van der Waals surface area contributed by atoms with E-state index in [0.29, 0.717) is 12.2 Å². The summed E-state index contributed by atoms with van der Waals surface area (Å²) in [4.78, 5) is 13.8. The average molecular weight is 230 g/mol. The molecule has 1 heterocycles. The summed E-state index contributed by atoms with van der Waals surface area (Å²) >= 11 is 5.66. The highest BCUT2D eigenvalue weighted by atomic mass is 35.5. The number of anilines is 1. The molecule has 0 amide bonds. The highest BCUT2D eigenvalue weighted by molar-refractivity contribution is 6.29. The van der Waals surface area contributed by atoms with Crippen LogP contribution in [0.15, 0.2) is 12.3 Å². The minimum Gasteiger partial charge on any atom is -0.379 e. The number of pyridine rings is 1. The van der Waals surface area contributed by atoms with Crippen LogP contribution >= 0.6 is 11.6 Å². The smallest absolute Gasteiger partial charge is 0.310 e. The fraction of sp³-hybridized carbons (Fsp3) is 0.444. The Bertz CT molecular complexity index is 357. The summed E-state index contributed by atoms with van der Waals surface area (Å²) in [5.74, 6) is 0. The first-order valence-electron chi connectivity index (χ1n) is 4.69. The third-order valence-corrected chi connectivity index (χ3v) is 2.10. The molecule has 0 aliphatic carbocycles. The van der Waals surface area contributed by atoms with Gasteiger partial charge in [0.1, 0.15) is 17.0 Å². The number of nitro groups is 1. The summed E-state index contributed by atoms with van der Waals surface area (Å²) in [5.41, 5.74) is 0.379. The van der Waals surface area contributed by atoms with Gasteiger partial charge < -0.3 is 5.32 Å². The van der Waals surface area contributed by atoms with Crippen LogP contribution in [-0.4, -0.2) is 16.5 Å². The molecule has 0 aliphatic rings. The van der Waals surface area contributed by atoms with Crippen LogP contribution in [0.4, 0.5) is 11.4 Å². The van der Waals surface area contributed by atoms with Gasteiger partial charge in [0.15, 0.2) is 0 Å². The molecule has 15 heavy (non-hydrogen) atoms. The molecule has 82 valence electrons. The second-order valence-electron chi connectivity index (χ2n) is 3.06. The molecule has 1 N–H and O–H groups in total. The zero-order valence-electron chi connectivity index (χ0n) is 8.36. The average Bonchev–Trinajstić information content (AvgIpc) is 2.18. The first-order chi connectivity index (χ1) is 7.15. The van der Waals surface area contributed by atoms with E-state index in [1.54, 1.807) is 0 Å². The van der Waals surface area contributed by atoms with E-state index in [1.165, 1.54) is 6.07 Å². The number of rotatable bonds is 5. The summed E-state index contributed by atoms with van der Waals surface area (Å²) < 4.78 is 0. The lowest BCUT2D eigenvalue weighted by Gasteiger charge is -2.05. The standard InChI is InChI=1S/C9H12ClN3O2/c1-2-3-4-11-7-5-9(10)12-6-8(7)13(14)15/h5-6H,2-4H2,1H3,(H,11,12). The third-order valence-electron chi connectivity index (χ3n) is 1.89. The Morgan fingerprint density at radius 2 is 2.40 bits per heavy atom. The maximum absolute atomic E-state index is 10.6. The topological polar surface area (TPSA) is 68.1 Å². The summed E-state index contributed by atoms with van der Waals surface area (Å²) in [6.07, 6.45) is 3.15. The molecule has 1 aromatic heterocycles. The van der Waals surface area contributed by atoms with Crippen molar-refractivity contribution in [1.82, 2.24) is 4.98 Å². The van der Waals surface area contributed by atoms with Crippen molar-refractivity contribution >= 4 is 23.0 Å². The van der Waals surface area contributed by atoms with E-state index in [2.05, 4.69) is 17.2 Å². The maximum Gasteiger partial charge on any atom is 0.310 e. The zero-order valence-corrected chi connectivity index (χ0v) is 9.12. The van der Waals surface area contributed by atoms with E-state index in [1.807, 2.05) is 0 Å². The minimum atomic E-state index is -0.475. The Hall–Kier alpha value is -1.36. The number of hydrogen-bond donors (Lipinski definition) is 1. The Morgan fingerprint density at radius 3 is 3.00 bits per heavy atom. The fourth-order valence-corrected chi connectivity index (χ4v) is 1.27. The van der Waals surface area contributed by atoms with Crippen molar-refractivity contribution in [2.75, 3.05) is 11.9 Å². The van der Waals surface area contributed by atoms with Crippen molar-refractivity contribution in [1.29, 1.82) is 0 Å². The normalized spacial score (nSPS) is 10.0. The van der Waals surface area contributed by atoms with Crippen LogP contribution < -0.4 is 5.32 Å². The molecule has 5 nitrogen and oxygen atoms in total. The lowest BCUT2D eigenvalue weighted by Crippen LogP contribution is -2.04.